The Bertz CT molecular complexity index is 1440. The number of para-hydroxylation sites is 1. The van der Waals surface area contributed by atoms with E-state index in [4.69, 9.17) is 42.5 Å². The molecule has 1 N–H and O–H groups in total. The minimum atomic E-state index is -1.03. The molecule has 10 nitrogen and oxygen atoms in total. The smallest absolute Gasteiger partial charge is 0.323 e. The van der Waals surface area contributed by atoms with Crippen LogP contribution in [0, 0.1) is 0 Å². The molecule has 0 aliphatic carbocycles. The van der Waals surface area contributed by atoms with Crippen molar-refractivity contribution in [1.82, 2.24) is 14.4 Å². The fourth-order valence-corrected chi connectivity index (χ4v) is 5.33. The first kappa shape index (κ1) is 30.2. The van der Waals surface area contributed by atoms with Gasteiger partial charge in [0.1, 0.15) is 17.8 Å². The van der Waals surface area contributed by atoms with E-state index in [0.29, 0.717) is 47.8 Å². The summed E-state index contributed by atoms with van der Waals surface area (Å²) in [6.07, 6.45) is -0.00336. The molecule has 0 spiro atoms. The van der Waals surface area contributed by atoms with Gasteiger partial charge in [0, 0.05) is 35.7 Å². The van der Waals surface area contributed by atoms with Gasteiger partial charge in [-0.1, -0.05) is 42.3 Å². The summed E-state index contributed by atoms with van der Waals surface area (Å²) in [5.74, 6) is -0.106. The second-order valence-corrected chi connectivity index (χ2v) is 10.2. The predicted molar refractivity (Wildman–Crippen MR) is 153 cm³/mol. The molecule has 0 saturated carbocycles. The third kappa shape index (κ3) is 6.61. The molecule has 1 atom stereocenters. The summed E-state index contributed by atoms with van der Waals surface area (Å²) >= 11 is 12.7. The molecule has 2 aliphatic heterocycles. The maximum absolute atomic E-state index is 11.4. The van der Waals surface area contributed by atoms with Crippen LogP contribution in [0.15, 0.2) is 48.5 Å². The molecule has 1 fully saturated rings. The monoisotopic (exact) mass is 603 g/mol. The number of carboxylic acids is 1. The lowest BCUT2D eigenvalue weighted by molar-refractivity contribution is -0.150. The van der Waals surface area contributed by atoms with E-state index >= 15 is 0 Å². The summed E-state index contributed by atoms with van der Waals surface area (Å²) in [5, 5.41) is 9.79. The fraction of sp³-hybridized carbons (Fsp3) is 0.345. The minimum absolute atomic E-state index is 0.0000463. The van der Waals surface area contributed by atoms with E-state index in [1.54, 1.807) is 21.1 Å². The first-order valence-corrected chi connectivity index (χ1v) is 13.7. The molecule has 5 rings (SSSR count). The van der Waals surface area contributed by atoms with Gasteiger partial charge in [0.2, 0.25) is 11.8 Å². The number of amides is 2. The Morgan fingerprint density at radius 2 is 1.83 bits per heavy atom. The van der Waals surface area contributed by atoms with Crippen molar-refractivity contribution in [2.24, 2.45) is 0 Å². The van der Waals surface area contributed by atoms with Crippen LogP contribution in [0.3, 0.4) is 0 Å². The highest BCUT2D eigenvalue weighted by Crippen LogP contribution is 2.43. The van der Waals surface area contributed by atoms with Gasteiger partial charge < -0.3 is 33.7 Å². The van der Waals surface area contributed by atoms with Crippen molar-refractivity contribution >= 4 is 41.0 Å². The zero-order valence-electron chi connectivity index (χ0n) is 22.9. The zero-order chi connectivity index (χ0) is 29.7. The standard InChI is InChI=1S/C20H17Cl2NO3.C9H14N2O4/c1-24-17-5-3-4-14(20(17)25-2)19-15-10-12(21)6-8-16(15)23-13(11-26-19)7-9-18(23)22;1-2-7(12)10-3-4-11(6-9(14)15)8(13)5-10/h3-10,19H,11H2,1-2H3;2-6H2,1H3,(H,14,15). The van der Waals surface area contributed by atoms with E-state index in [-0.39, 0.29) is 31.0 Å². The molecule has 1 aromatic heterocycles. The van der Waals surface area contributed by atoms with Crippen LogP contribution in [0.25, 0.3) is 5.69 Å². The molecule has 2 aliphatic rings. The third-order valence-electron chi connectivity index (χ3n) is 6.84. The van der Waals surface area contributed by atoms with Crippen LogP contribution in [0.1, 0.15) is 36.3 Å². The molecule has 3 aromatic rings. The average molecular weight is 604 g/mol. The van der Waals surface area contributed by atoms with Crippen molar-refractivity contribution in [2.75, 3.05) is 40.4 Å². The van der Waals surface area contributed by atoms with Crippen LogP contribution in [0.2, 0.25) is 10.2 Å². The topological polar surface area (TPSA) is 111 Å². The first-order chi connectivity index (χ1) is 19.7. The molecule has 3 heterocycles. The Kier molecular flexibility index (Phi) is 9.80. The first-order valence-electron chi connectivity index (χ1n) is 12.9. The van der Waals surface area contributed by atoms with E-state index in [2.05, 4.69) is 0 Å². The number of nitrogens with zero attached hydrogens (tertiary/aromatic N) is 3. The molecule has 1 unspecified atom stereocenters. The van der Waals surface area contributed by atoms with Gasteiger partial charge in [-0.3, -0.25) is 14.4 Å². The van der Waals surface area contributed by atoms with Crippen LogP contribution < -0.4 is 9.47 Å². The number of fused-ring (bicyclic) bond motifs is 3. The number of benzene rings is 2. The summed E-state index contributed by atoms with van der Waals surface area (Å²) in [4.78, 5) is 35.8. The highest BCUT2D eigenvalue weighted by atomic mass is 35.5. The van der Waals surface area contributed by atoms with Gasteiger partial charge in [-0.2, -0.15) is 0 Å². The van der Waals surface area contributed by atoms with Crippen LogP contribution >= 0.6 is 23.2 Å². The number of ether oxygens (including phenoxy) is 3. The van der Waals surface area contributed by atoms with Crippen molar-refractivity contribution in [2.45, 2.75) is 26.1 Å². The number of aliphatic carboxylic acids is 1. The highest BCUT2D eigenvalue weighted by Gasteiger charge is 2.29. The number of carbonyl (C=O) groups excluding carboxylic acids is 2. The van der Waals surface area contributed by atoms with Gasteiger partial charge in [-0.25, -0.2) is 0 Å². The SMILES string of the molecule is CCC(=O)N1CCN(CC(=O)O)C(=O)C1.COc1cccc(C2OCc3ccc(Cl)n3-c3ccc(Cl)cc32)c1OC. The largest absolute Gasteiger partial charge is 0.493 e. The molecule has 41 heavy (non-hydrogen) atoms. The van der Waals surface area contributed by atoms with Gasteiger partial charge in [-0.15, -0.1) is 0 Å². The van der Waals surface area contributed by atoms with Crippen LogP contribution in [-0.4, -0.2) is 77.7 Å². The Balaban J connectivity index is 0.000000221. The lowest BCUT2D eigenvalue weighted by atomic mass is 9.98. The van der Waals surface area contributed by atoms with Crippen molar-refractivity contribution in [3.8, 4) is 17.2 Å². The summed E-state index contributed by atoms with van der Waals surface area (Å²) in [5.41, 5.74) is 3.70. The summed E-state index contributed by atoms with van der Waals surface area (Å²) in [6, 6.07) is 15.3. The summed E-state index contributed by atoms with van der Waals surface area (Å²) in [7, 11) is 3.24. The predicted octanol–water partition coefficient (Wildman–Crippen LogP) is 4.57. The Morgan fingerprint density at radius 3 is 2.49 bits per heavy atom. The molecular formula is C29H31Cl2N3O7. The highest BCUT2D eigenvalue weighted by molar-refractivity contribution is 6.31. The second-order valence-electron chi connectivity index (χ2n) is 9.34. The van der Waals surface area contributed by atoms with Gasteiger partial charge in [0.05, 0.1) is 38.8 Å². The van der Waals surface area contributed by atoms with Crippen molar-refractivity contribution in [3.05, 3.63) is 75.5 Å². The quantitative estimate of drug-likeness (QED) is 0.439. The number of carboxylic acid groups (broad SMARTS) is 1. The van der Waals surface area contributed by atoms with Gasteiger partial charge >= 0.3 is 5.97 Å². The Labute approximate surface area is 247 Å². The van der Waals surface area contributed by atoms with Crippen LogP contribution in [0.5, 0.6) is 11.5 Å². The third-order valence-corrected chi connectivity index (χ3v) is 7.37. The van der Waals surface area contributed by atoms with E-state index in [0.717, 1.165) is 22.5 Å². The lowest BCUT2D eigenvalue weighted by Gasteiger charge is -2.33. The normalized spacial score (nSPS) is 16.1. The van der Waals surface area contributed by atoms with E-state index in [1.807, 2.05) is 53.1 Å². The number of hydrogen-bond acceptors (Lipinski definition) is 6. The number of methoxy groups -OCH3 is 2. The molecule has 218 valence electrons. The van der Waals surface area contributed by atoms with Gasteiger partial charge in [0.15, 0.2) is 11.5 Å². The summed E-state index contributed by atoms with van der Waals surface area (Å²) in [6.45, 7) is 2.58. The summed E-state index contributed by atoms with van der Waals surface area (Å²) < 4.78 is 19.3. The molecule has 2 aromatic carbocycles. The molecule has 0 bridgehead atoms. The zero-order valence-corrected chi connectivity index (χ0v) is 24.4. The number of aromatic nitrogens is 1. The maximum Gasteiger partial charge on any atom is 0.323 e. The van der Waals surface area contributed by atoms with Gasteiger partial charge in [0.25, 0.3) is 0 Å². The number of halogens is 2. The number of rotatable bonds is 6. The maximum atomic E-state index is 11.4. The van der Waals surface area contributed by atoms with Crippen molar-refractivity contribution < 1.29 is 33.7 Å². The van der Waals surface area contributed by atoms with E-state index in [1.165, 1.54) is 9.80 Å². The van der Waals surface area contributed by atoms with Gasteiger partial charge in [-0.05, 0) is 36.4 Å². The fourth-order valence-electron chi connectivity index (χ4n) is 4.88. The molecule has 0 radical (unpaired) electrons. The Morgan fingerprint density at radius 1 is 1.05 bits per heavy atom. The van der Waals surface area contributed by atoms with Crippen molar-refractivity contribution in [1.29, 1.82) is 0 Å². The molecular weight excluding hydrogens is 573 g/mol. The van der Waals surface area contributed by atoms with E-state index in [9.17, 15) is 14.4 Å². The lowest BCUT2D eigenvalue weighted by Crippen LogP contribution is -2.53. The van der Waals surface area contributed by atoms with Crippen LogP contribution in [-0.2, 0) is 25.7 Å². The molecule has 2 amide bonds. The number of carbonyl (C=O) groups is 3. The number of hydrogen-bond donors (Lipinski definition) is 1. The number of piperazine rings is 1. The molecule has 1 saturated heterocycles. The minimum Gasteiger partial charge on any atom is -0.493 e. The second kappa shape index (κ2) is 13.3. The Hall–Kier alpha value is -3.73. The average Bonchev–Trinajstić information content (AvgIpc) is 3.24. The molecule has 12 heteroatoms. The van der Waals surface area contributed by atoms with E-state index < -0.39 is 5.97 Å². The van der Waals surface area contributed by atoms with Crippen molar-refractivity contribution in [3.63, 3.8) is 0 Å². The van der Waals surface area contributed by atoms with Crippen LogP contribution in [0.4, 0.5) is 0 Å².